The van der Waals surface area contributed by atoms with Gasteiger partial charge in [-0.2, -0.15) is 0 Å². The summed E-state index contributed by atoms with van der Waals surface area (Å²) in [6, 6.07) is -0.884. The number of oxime groups is 1. The van der Waals surface area contributed by atoms with E-state index in [1.54, 1.807) is 0 Å². The number of terminal acetylenes is 1. The highest BCUT2D eigenvalue weighted by atomic mass is 32.2. The standard InChI is InChI=1S/C15H13N5O4S3/c1-2-3-6-4-26-13-9(12(22)20(13)10(6)14(23)25)18-11(21)8(19-24)7-5-27-15(16)17-7/h1,5,9,13,24H,3-4H2,(H2,16,17)(H,18,21)(H,23,25)/b19-8-/t9-,13-/m1/s1. The van der Waals surface area contributed by atoms with Gasteiger partial charge in [0.2, 0.25) is 5.12 Å². The number of aromatic nitrogens is 1. The van der Waals surface area contributed by atoms with Crippen LogP contribution in [0.2, 0.25) is 0 Å². The fraction of sp³-hybridized carbons (Fsp3) is 0.267. The first-order valence-corrected chi connectivity index (χ1v) is 9.84. The number of thioether (sulfide) groups is 1. The van der Waals surface area contributed by atoms with Gasteiger partial charge in [0.15, 0.2) is 10.8 Å². The van der Waals surface area contributed by atoms with Gasteiger partial charge in [-0.1, -0.05) is 17.8 Å². The van der Waals surface area contributed by atoms with Crippen LogP contribution in [0.15, 0.2) is 21.8 Å². The van der Waals surface area contributed by atoms with Gasteiger partial charge in [-0.25, -0.2) is 4.98 Å². The van der Waals surface area contributed by atoms with Crippen LogP contribution >= 0.6 is 35.7 Å². The minimum absolute atomic E-state index is 0.0971. The van der Waals surface area contributed by atoms with Crippen molar-refractivity contribution in [2.45, 2.75) is 17.8 Å². The predicted molar refractivity (Wildman–Crippen MR) is 104 cm³/mol. The fourth-order valence-electron chi connectivity index (χ4n) is 2.76. The quantitative estimate of drug-likeness (QED) is 0.131. The molecule has 0 aromatic carbocycles. The molecule has 140 valence electrons. The van der Waals surface area contributed by atoms with E-state index >= 15 is 0 Å². The molecule has 1 aromatic heterocycles. The number of nitrogen functional groups attached to an aromatic ring is 1. The lowest BCUT2D eigenvalue weighted by Crippen LogP contribution is -2.70. The van der Waals surface area contributed by atoms with Crippen LogP contribution in [-0.2, 0) is 14.4 Å². The molecule has 1 aromatic rings. The Balaban J connectivity index is 1.78. The molecule has 4 N–H and O–H groups in total. The summed E-state index contributed by atoms with van der Waals surface area (Å²) in [6.45, 7) is 0. The third-order valence-corrected chi connectivity index (χ3v) is 6.16. The highest BCUT2D eigenvalue weighted by Crippen LogP contribution is 2.41. The van der Waals surface area contributed by atoms with Crippen LogP contribution in [-0.4, -0.2) is 54.9 Å². The zero-order chi connectivity index (χ0) is 19.7. The summed E-state index contributed by atoms with van der Waals surface area (Å²) in [5.74, 6) is 1.65. The Labute approximate surface area is 167 Å². The van der Waals surface area contributed by atoms with E-state index in [-0.39, 0.29) is 28.7 Å². The zero-order valence-electron chi connectivity index (χ0n) is 13.6. The number of carbonyl (C=O) groups excluding carboxylic acids is 3. The van der Waals surface area contributed by atoms with Crippen molar-refractivity contribution in [2.75, 3.05) is 11.5 Å². The summed E-state index contributed by atoms with van der Waals surface area (Å²) < 4.78 is 0. The van der Waals surface area contributed by atoms with E-state index < -0.39 is 28.3 Å². The Morgan fingerprint density at radius 1 is 1.59 bits per heavy atom. The van der Waals surface area contributed by atoms with Crippen molar-refractivity contribution < 1.29 is 19.6 Å². The number of fused-ring (bicyclic) bond motifs is 1. The van der Waals surface area contributed by atoms with Crippen LogP contribution in [0.3, 0.4) is 0 Å². The molecule has 0 aliphatic carbocycles. The van der Waals surface area contributed by atoms with Gasteiger partial charge in [-0.3, -0.25) is 19.3 Å². The molecular weight excluding hydrogens is 410 g/mol. The molecular formula is C15H13N5O4S3. The van der Waals surface area contributed by atoms with Crippen LogP contribution in [0, 0.1) is 12.3 Å². The number of hydrogen-bond acceptors (Lipinski definition) is 9. The Morgan fingerprint density at radius 3 is 2.89 bits per heavy atom. The smallest absolute Gasteiger partial charge is 0.276 e. The predicted octanol–water partition coefficient (Wildman–Crippen LogP) is 0.0373. The zero-order valence-corrected chi connectivity index (χ0v) is 16.1. The number of amides is 2. The number of nitrogens with zero attached hydrogens (tertiary/aromatic N) is 3. The van der Waals surface area contributed by atoms with Crippen molar-refractivity contribution >= 4 is 63.5 Å². The maximum absolute atomic E-state index is 12.5. The van der Waals surface area contributed by atoms with E-state index in [9.17, 15) is 14.4 Å². The second-order valence-electron chi connectivity index (χ2n) is 5.52. The Kier molecular flexibility index (Phi) is 5.45. The summed E-state index contributed by atoms with van der Waals surface area (Å²) in [5.41, 5.74) is 6.07. The molecule has 0 saturated carbocycles. The van der Waals surface area contributed by atoms with E-state index in [1.807, 2.05) is 0 Å². The number of carbonyl (C=O) groups is 3. The summed E-state index contributed by atoms with van der Waals surface area (Å²) in [6.07, 6.45) is 5.54. The third kappa shape index (κ3) is 3.41. The van der Waals surface area contributed by atoms with Crippen LogP contribution in [0.1, 0.15) is 12.1 Å². The molecule has 3 rings (SSSR count). The molecule has 27 heavy (non-hydrogen) atoms. The minimum Gasteiger partial charge on any atom is -0.410 e. The number of nitrogens with two attached hydrogens (primary N) is 1. The van der Waals surface area contributed by atoms with Crippen LogP contribution in [0.25, 0.3) is 0 Å². The van der Waals surface area contributed by atoms with E-state index in [4.69, 9.17) is 17.4 Å². The summed E-state index contributed by atoms with van der Waals surface area (Å²) in [4.78, 5) is 42.0. The molecule has 0 unspecified atom stereocenters. The minimum atomic E-state index is -0.884. The largest absolute Gasteiger partial charge is 0.410 e. The Hall–Kier alpha value is -2.49. The van der Waals surface area contributed by atoms with Crippen LogP contribution < -0.4 is 11.1 Å². The summed E-state index contributed by atoms with van der Waals surface area (Å²) >= 11 is 6.29. The molecule has 2 aliphatic heterocycles. The normalized spacial score (nSPS) is 22.0. The van der Waals surface area contributed by atoms with Gasteiger partial charge in [-0.15, -0.1) is 35.4 Å². The summed E-state index contributed by atoms with van der Waals surface area (Å²) in [7, 11) is 0. The molecule has 0 spiro atoms. The Bertz CT molecular complexity index is 932. The van der Waals surface area contributed by atoms with Crippen molar-refractivity contribution in [1.29, 1.82) is 0 Å². The van der Waals surface area contributed by atoms with E-state index in [0.29, 0.717) is 11.3 Å². The fourth-order valence-corrected chi connectivity index (χ4v) is 4.92. The molecule has 0 radical (unpaired) electrons. The van der Waals surface area contributed by atoms with Crippen LogP contribution in [0.5, 0.6) is 0 Å². The van der Waals surface area contributed by atoms with Gasteiger partial charge in [0.25, 0.3) is 11.8 Å². The van der Waals surface area contributed by atoms with Gasteiger partial charge in [0, 0.05) is 17.6 Å². The number of thiol groups is 1. The maximum atomic E-state index is 12.5. The number of rotatable bonds is 5. The van der Waals surface area contributed by atoms with Crippen molar-refractivity contribution in [3.63, 3.8) is 0 Å². The molecule has 0 bridgehead atoms. The number of hydrogen-bond donors (Lipinski definition) is 4. The summed E-state index contributed by atoms with van der Waals surface area (Å²) in [5, 5.41) is 15.2. The van der Waals surface area contributed by atoms with E-state index in [0.717, 1.165) is 11.3 Å². The number of nitrogens with one attached hydrogen (secondary N) is 1. The van der Waals surface area contributed by atoms with Gasteiger partial charge in [0.1, 0.15) is 22.8 Å². The maximum Gasteiger partial charge on any atom is 0.276 e. The molecule has 1 saturated heterocycles. The van der Waals surface area contributed by atoms with E-state index in [1.165, 1.54) is 22.0 Å². The Morgan fingerprint density at radius 2 is 2.33 bits per heavy atom. The molecule has 2 amide bonds. The monoisotopic (exact) mass is 423 g/mol. The van der Waals surface area contributed by atoms with Gasteiger partial charge >= 0.3 is 0 Å². The third-order valence-electron chi connectivity index (χ3n) is 3.93. The SMILES string of the molecule is C#CCC1=C(C(=O)S)N2C(=O)[C@@H](NC(=O)/C(=N\O)c3csc(N)n3)[C@H]2SC1. The lowest BCUT2D eigenvalue weighted by atomic mass is 10.0. The van der Waals surface area contributed by atoms with Crippen molar-refractivity contribution in [3.05, 3.63) is 22.3 Å². The second-order valence-corrected chi connectivity index (χ2v) is 7.92. The highest BCUT2D eigenvalue weighted by molar-refractivity contribution is 8.00. The van der Waals surface area contributed by atoms with Crippen LogP contribution in [0.4, 0.5) is 5.13 Å². The molecule has 1 fully saturated rings. The van der Waals surface area contributed by atoms with E-state index in [2.05, 4.69) is 34.0 Å². The average molecular weight is 424 g/mol. The first-order chi connectivity index (χ1) is 12.9. The topological polar surface area (TPSA) is 138 Å². The average Bonchev–Trinajstić information content (AvgIpc) is 3.05. The van der Waals surface area contributed by atoms with Gasteiger partial charge in [-0.05, 0) is 5.57 Å². The molecule has 12 heteroatoms. The lowest BCUT2D eigenvalue weighted by Gasteiger charge is -2.49. The van der Waals surface area contributed by atoms with Crippen molar-refractivity contribution in [3.8, 4) is 12.3 Å². The molecule has 9 nitrogen and oxygen atoms in total. The highest BCUT2D eigenvalue weighted by Gasteiger charge is 2.53. The first kappa shape index (κ1) is 19.3. The van der Waals surface area contributed by atoms with Gasteiger partial charge < -0.3 is 16.3 Å². The second kappa shape index (κ2) is 7.63. The van der Waals surface area contributed by atoms with Crippen molar-refractivity contribution in [2.24, 2.45) is 5.16 Å². The molecule has 2 aliphatic rings. The first-order valence-electron chi connectivity index (χ1n) is 7.46. The molecule has 3 heterocycles. The number of β-lactam (4-membered cyclic amide) rings is 1. The van der Waals surface area contributed by atoms with Gasteiger partial charge in [0.05, 0.1) is 0 Å². The molecule has 2 atom stereocenters. The number of thiazole rings is 1. The van der Waals surface area contributed by atoms with Crippen molar-refractivity contribution in [1.82, 2.24) is 15.2 Å². The number of anilines is 1. The lowest BCUT2D eigenvalue weighted by molar-refractivity contribution is -0.146.